The number of phenolic OH excluding ortho intramolecular Hbond substituents is 1. The van der Waals surface area contributed by atoms with Crippen molar-refractivity contribution in [2.75, 3.05) is 0 Å². The fraction of sp³-hybridized carbons (Fsp3) is 0.0714. The van der Waals surface area contributed by atoms with Crippen LogP contribution in [0, 0.1) is 17.0 Å². The number of rotatable bonds is 4. The van der Waals surface area contributed by atoms with Crippen LogP contribution in [-0.4, -0.2) is 27.1 Å². The summed E-state index contributed by atoms with van der Waals surface area (Å²) in [7, 11) is 0. The number of hydrogen-bond donors (Lipinski definition) is 2. The van der Waals surface area contributed by atoms with E-state index in [1.807, 2.05) is 0 Å². The summed E-state index contributed by atoms with van der Waals surface area (Å²) in [6.07, 6.45) is 2.60. The molecule has 0 aliphatic carbocycles. The van der Waals surface area contributed by atoms with Crippen LogP contribution in [0.15, 0.2) is 41.6 Å². The summed E-state index contributed by atoms with van der Waals surface area (Å²) in [4.78, 5) is 25.8. The number of hydrazone groups is 1. The standard InChI is InChI=1S/C14H12N4O4/c1-9-6-11(18(21)22)7-10(13(9)19)8-16-17-14(20)12-4-2-3-5-15-12/h2-8,19H,1H3,(H,17,20). The summed E-state index contributed by atoms with van der Waals surface area (Å²) < 4.78 is 0. The van der Waals surface area contributed by atoms with E-state index in [0.29, 0.717) is 5.56 Å². The van der Waals surface area contributed by atoms with Crippen molar-refractivity contribution in [3.63, 3.8) is 0 Å². The second-order valence-corrected chi connectivity index (χ2v) is 4.37. The average molecular weight is 300 g/mol. The van der Waals surface area contributed by atoms with Crippen LogP contribution in [0.1, 0.15) is 21.6 Å². The normalized spacial score (nSPS) is 10.6. The molecule has 2 N–H and O–H groups in total. The van der Waals surface area contributed by atoms with Gasteiger partial charge in [-0.3, -0.25) is 19.9 Å². The number of benzene rings is 1. The van der Waals surface area contributed by atoms with Gasteiger partial charge < -0.3 is 5.11 Å². The molecule has 0 bridgehead atoms. The van der Waals surface area contributed by atoms with Gasteiger partial charge in [0.2, 0.25) is 0 Å². The van der Waals surface area contributed by atoms with E-state index < -0.39 is 10.8 Å². The first-order valence-corrected chi connectivity index (χ1v) is 6.21. The number of nitro benzene ring substituents is 1. The molecule has 8 heteroatoms. The van der Waals surface area contributed by atoms with Crippen LogP contribution in [0.4, 0.5) is 5.69 Å². The summed E-state index contributed by atoms with van der Waals surface area (Å²) in [6.45, 7) is 1.53. The zero-order valence-corrected chi connectivity index (χ0v) is 11.6. The molecule has 1 heterocycles. The topological polar surface area (TPSA) is 118 Å². The van der Waals surface area contributed by atoms with Gasteiger partial charge in [-0.15, -0.1) is 0 Å². The molecule has 1 amide bonds. The zero-order valence-electron chi connectivity index (χ0n) is 11.6. The molecule has 0 fully saturated rings. The lowest BCUT2D eigenvalue weighted by Gasteiger charge is -2.03. The number of amides is 1. The molecule has 2 aromatic rings. The lowest BCUT2D eigenvalue weighted by atomic mass is 10.1. The maximum absolute atomic E-state index is 11.7. The van der Waals surface area contributed by atoms with Gasteiger partial charge >= 0.3 is 0 Å². The molecule has 1 aromatic carbocycles. The number of nitrogens with one attached hydrogen (secondary N) is 1. The Balaban J connectivity index is 2.17. The first-order valence-electron chi connectivity index (χ1n) is 6.21. The van der Waals surface area contributed by atoms with Gasteiger partial charge in [-0.25, -0.2) is 5.43 Å². The number of hydrogen-bond acceptors (Lipinski definition) is 6. The van der Waals surface area contributed by atoms with E-state index in [1.165, 1.54) is 31.3 Å². The van der Waals surface area contributed by atoms with E-state index in [0.717, 1.165) is 6.21 Å². The van der Waals surface area contributed by atoms with Gasteiger partial charge in [-0.1, -0.05) is 6.07 Å². The summed E-state index contributed by atoms with van der Waals surface area (Å²) in [5, 5.41) is 24.3. The lowest BCUT2D eigenvalue weighted by Crippen LogP contribution is -2.18. The van der Waals surface area contributed by atoms with Crippen LogP contribution in [0.3, 0.4) is 0 Å². The SMILES string of the molecule is Cc1cc([N+](=O)[O-])cc(C=NNC(=O)c2ccccn2)c1O. The molecule has 0 atom stereocenters. The quantitative estimate of drug-likeness (QED) is 0.507. The molecule has 0 saturated carbocycles. The fourth-order valence-corrected chi connectivity index (χ4v) is 1.71. The van der Waals surface area contributed by atoms with E-state index in [-0.39, 0.29) is 22.7 Å². The van der Waals surface area contributed by atoms with E-state index in [9.17, 15) is 20.0 Å². The van der Waals surface area contributed by atoms with E-state index in [2.05, 4.69) is 15.5 Å². The maximum Gasteiger partial charge on any atom is 0.289 e. The Morgan fingerprint density at radius 3 is 2.86 bits per heavy atom. The predicted octanol–water partition coefficient (Wildman–Crippen LogP) is 1.77. The molecule has 0 spiro atoms. The highest BCUT2D eigenvalue weighted by atomic mass is 16.6. The molecule has 0 radical (unpaired) electrons. The number of phenols is 1. The van der Waals surface area contributed by atoms with E-state index in [4.69, 9.17) is 0 Å². The average Bonchev–Trinajstić information content (AvgIpc) is 2.51. The van der Waals surface area contributed by atoms with Crippen molar-refractivity contribution in [3.8, 4) is 5.75 Å². The van der Waals surface area contributed by atoms with Gasteiger partial charge in [0.1, 0.15) is 11.4 Å². The molecule has 22 heavy (non-hydrogen) atoms. The van der Waals surface area contributed by atoms with Crippen molar-refractivity contribution in [3.05, 3.63) is 63.5 Å². The third kappa shape index (κ3) is 3.42. The van der Waals surface area contributed by atoms with Crippen molar-refractivity contribution < 1.29 is 14.8 Å². The number of non-ortho nitro benzene ring substituents is 1. The monoisotopic (exact) mass is 300 g/mol. The summed E-state index contributed by atoms with van der Waals surface area (Å²) in [6, 6.07) is 7.25. The number of aryl methyl sites for hydroxylation is 1. The maximum atomic E-state index is 11.7. The van der Waals surface area contributed by atoms with Crippen molar-refractivity contribution in [1.82, 2.24) is 10.4 Å². The van der Waals surface area contributed by atoms with Gasteiger partial charge in [0.25, 0.3) is 11.6 Å². The minimum atomic E-state index is -0.573. The number of carbonyl (C=O) groups is 1. The molecule has 0 aliphatic heterocycles. The predicted molar refractivity (Wildman–Crippen MR) is 78.8 cm³/mol. The molecule has 1 aromatic heterocycles. The number of pyridine rings is 1. The first-order chi connectivity index (χ1) is 10.5. The third-order valence-electron chi connectivity index (χ3n) is 2.79. The van der Waals surface area contributed by atoms with Crippen molar-refractivity contribution >= 4 is 17.8 Å². The minimum Gasteiger partial charge on any atom is -0.507 e. The highest BCUT2D eigenvalue weighted by Gasteiger charge is 2.12. The molecular weight excluding hydrogens is 288 g/mol. The molecule has 0 saturated heterocycles. The van der Waals surface area contributed by atoms with Gasteiger partial charge in [-0.2, -0.15) is 5.10 Å². The summed E-state index contributed by atoms with van der Waals surface area (Å²) in [5.41, 5.74) is 2.71. The Bertz CT molecular complexity index is 744. The molecule has 2 rings (SSSR count). The highest BCUT2D eigenvalue weighted by molar-refractivity contribution is 5.93. The highest BCUT2D eigenvalue weighted by Crippen LogP contribution is 2.26. The number of aromatic hydroxyl groups is 1. The van der Waals surface area contributed by atoms with Gasteiger partial charge in [-0.05, 0) is 24.6 Å². The Labute approximate surface area is 125 Å². The molecule has 0 aliphatic rings. The Morgan fingerprint density at radius 2 is 2.23 bits per heavy atom. The van der Waals surface area contributed by atoms with Gasteiger partial charge in [0.05, 0.1) is 11.1 Å². The lowest BCUT2D eigenvalue weighted by molar-refractivity contribution is -0.384. The molecule has 112 valence electrons. The smallest absolute Gasteiger partial charge is 0.289 e. The molecular formula is C14H12N4O4. The number of nitro groups is 1. The Kier molecular flexibility index (Phi) is 4.42. The van der Waals surface area contributed by atoms with Crippen LogP contribution in [0.2, 0.25) is 0 Å². The summed E-state index contributed by atoms with van der Waals surface area (Å²) in [5.74, 6) is -0.667. The summed E-state index contributed by atoms with van der Waals surface area (Å²) >= 11 is 0. The van der Waals surface area contributed by atoms with Crippen molar-refractivity contribution in [2.45, 2.75) is 6.92 Å². The second-order valence-electron chi connectivity index (χ2n) is 4.37. The van der Waals surface area contributed by atoms with Crippen LogP contribution in [0.25, 0.3) is 0 Å². The number of aromatic nitrogens is 1. The van der Waals surface area contributed by atoms with E-state index >= 15 is 0 Å². The van der Waals surface area contributed by atoms with Gasteiger partial charge in [0, 0.05) is 23.9 Å². The third-order valence-corrected chi connectivity index (χ3v) is 2.79. The second kappa shape index (κ2) is 6.44. The molecule has 0 unspecified atom stereocenters. The Morgan fingerprint density at radius 1 is 1.45 bits per heavy atom. The van der Waals surface area contributed by atoms with Crippen LogP contribution >= 0.6 is 0 Å². The largest absolute Gasteiger partial charge is 0.507 e. The number of nitrogens with zero attached hydrogens (tertiary/aromatic N) is 3. The number of carbonyl (C=O) groups excluding carboxylic acids is 1. The molecule has 8 nitrogen and oxygen atoms in total. The van der Waals surface area contributed by atoms with Gasteiger partial charge in [0.15, 0.2) is 0 Å². The van der Waals surface area contributed by atoms with Crippen molar-refractivity contribution in [2.24, 2.45) is 5.10 Å². The van der Waals surface area contributed by atoms with Crippen LogP contribution in [-0.2, 0) is 0 Å². The first kappa shape index (κ1) is 15.1. The van der Waals surface area contributed by atoms with Crippen molar-refractivity contribution in [1.29, 1.82) is 0 Å². The van der Waals surface area contributed by atoms with E-state index in [1.54, 1.807) is 12.1 Å². The minimum absolute atomic E-state index is 0.132. The van der Waals surface area contributed by atoms with Crippen LogP contribution < -0.4 is 5.43 Å². The Hall–Kier alpha value is -3.29. The zero-order chi connectivity index (χ0) is 16.1. The van der Waals surface area contributed by atoms with Crippen LogP contribution in [0.5, 0.6) is 5.75 Å². The fourth-order valence-electron chi connectivity index (χ4n) is 1.71.